The first-order valence-electron chi connectivity index (χ1n) is 9.17. The standard InChI is InChI=1S/C21H19ClN2O5/c22-18-11-15(9-16-10-17(29-19(16)18)12-23-21(26)27)13-1-3-14(4-2-13)20(25)24-5-7-28-8-6-24/h1-4,9-11,23H,5-8,12H2,(H,26,27). The number of nitrogens with one attached hydrogen (secondary N) is 1. The maximum absolute atomic E-state index is 12.6. The van der Waals surface area contributed by atoms with Crippen molar-refractivity contribution < 1.29 is 23.8 Å². The molecule has 0 bridgehead atoms. The molecule has 0 radical (unpaired) electrons. The molecular weight excluding hydrogens is 396 g/mol. The second-order valence-electron chi connectivity index (χ2n) is 6.73. The molecule has 2 aromatic carbocycles. The highest BCUT2D eigenvalue weighted by Crippen LogP contribution is 2.33. The average molecular weight is 415 g/mol. The van der Waals surface area contributed by atoms with E-state index < -0.39 is 6.09 Å². The highest BCUT2D eigenvalue weighted by atomic mass is 35.5. The fraction of sp³-hybridized carbons (Fsp3) is 0.238. The quantitative estimate of drug-likeness (QED) is 0.673. The molecule has 0 saturated carbocycles. The molecule has 3 aromatic rings. The molecule has 0 spiro atoms. The van der Waals surface area contributed by atoms with E-state index in [0.717, 1.165) is 16.5 Å². The van der Waals surface area contributed by atoms with Crippen LogP contribution in [-0.4, -0.2) is 48.3 Å². The number of ether oxygens (including phenoxy) is 1. The third-order valence-corrected chi connectivity index (χ3v) is 5.08. The number of benzene rings is 2. The molecule has 29 heavy (non-hydrogen) atoms. The Bertz CT molecular complexity index is 1050. The van der Waals surface area contributed by atoms with Gasteiger partial charge in [-0.2, -0.15) is 0 Å². The van der Waals surface area contributed by atoms with Gasteiger partial charge in [0, 0.05) is 24.0 Å². The van der Waals surface area contributed by atoms with Gasteiger partial charge in [0.15, 0.2) is 5.58 Å². The van der Waals surface area contributed by atoms with Crippen LogP contribution in [0.25, 0.3) is 22.1 Å². The summed E-state index contributed by atoms with van der Waals surface area (Å²) in [5, 5.41) is 12.2. The van der Waals surface area contributed by atoms with Gasteiger partial charge in [0.25, 0.3) is 5.91 Å². The number of hydrogen-bond donors (Lipinski definition) is 2. The number of nitrogens with zero attached hydrogens (tertiary/aromatic N) is 1. The van der Waals surface area contributed by atoms with Crippen LogP contribution in [0.4, 0.5) is 4.79 Å². The molecule has 150 valence electrons. The number of furan rings is 1. The van der Waals surface area contributed by atoms with Crippen molar-refractivity contribution in [3.63, 3.8) is 0 Å². The van der Waals surface area contributed by atoms with E-state index in [1.54, 1.807) is 17.0 Å². The Kier molecular flexibility index (Phi) is 5.42. The van der Waals surface area contributed by atoms with Crippen LogP contribution in [-0.2, 0) is 11.3 Å². The van der Waals surface area contributed by atoms with Crippen LogP contribution in [0.1, 0.15) is 16.1 Å². The van der Waals surface area contributed by atoms with Crippen molar-refractivity contribution in [3.8, 4) is 11.1 Å². The third-order valence-electron chi connectivity index (χ3n) is 4.80. The first-order valence-corrected chi connectivity index (χ1v) is 9.55. The zero-order valence-corrected chi connectivity index (χ0v) is 16.2. The van der Waals surface area contributed by atoms with Gasteiger partial charge >= 0.3 is 6.09 Å². The highest BCUT2D eigenvalue weighted by molar-refractivity contribution is 6.35. The van der Waals surface area contributed by atoms with E-state index in [0.29, 0.717) is 48.2 Å². The van der Waals surface area contributed by atoms with Crippen LogP contribution in [0, 0.1) is 0 Å². The average Bonchev–Trinajstić information content (AvgIpc) is 3.16. The van der Waals surface area contributed by atoms with E-state index in [-0.39, 0.29) is 12.5 Å². The topological polar surface area (TPSA) is 92.0 Å². The van der Waals surface area contributed by atoms with E-state index in [1.165, 1.54) is 0 Å². The van der Waals surface area contributed by atoms with Crippen molar-refractivity contribution in [2.75, 3.05) is 26.3 Å². The monoisotopic (exact) mass is 414 g/mol. The predicted octanol–water partition coefficient (Wildman–Crippen LogP) is 3.99. The highest BCUT2D eigenvalue weighted by Gasteiger charge is 2.18. The van der Waals surface area contributed by atoms with E-state index in [9.17, 15) is 9.59 Å². The van der Waals surface area contributed by atoms with Crippen molar-refractivity contribution in [1.29, 1.82) is 0 Å². The maximum Gasteiger partial charge on any atom is 0.405 e. The summed E-state index contributed by atoms with van der Waals surface area (Å²) < 4.78 is 10.9. The molecule has 1 aromatic heterocycles. The van der Waals surface area contributed by atoms with Crippen LogP contribution in [0.15, 0.2) is 46.9 Å². The van der Waals surface area contributed by atoms with E-state index in [4.69, 9.17) is 25.9 Å². The molecule has 4 rings (SSSR count). The lowest BCUT2D eigenvalue weighted by molar-refractivity contribution is 0.0303. The summed E-state index contributed by atoms with van der Waals surface area (Å²) in [6, 6.07) is 12.9. The number of carboxylic acid groups (broad SMARTS) is 1. The van der Waals surface area contributed by atoms with Crippen molar-refractivity contribution in [2.45, 2.75) is 6.54 Å². The van der Waals surface area contributed by atoms with Gasteiger partial charge in [-0.15, -0.1) is 0 Å². The van der Waals surface area contributed by atoms with Gasteiger partial charge in [0.05, 0.1) is 24.8 Å². The first kappa shape index (κ1) is 19.3. The number of rotatable bonds is 4. The Labute approximate surface area is 171 Å². The number of carbonyl (C=O) groups is 2. The van der Waals surface area contributed by atoms with Crippen LogP contribution in [0.2, 0.25) is 5.02 Å². The van der Waals surface area contributed by atoms with E-state index >= 15 is 0 Å². The summed E-state index contributed by atoms with van der Waals surface area (Å²) in [5.74, 6) is 0.478. The van der Waals surface area contributed by atoms with Crippen LogP contribution in [0.3, 0.4) is 0 Å². The van der Waals surface area contributed by atoms with Crippen LogP contribution in [0.5, 0.6) is 0 Å². The smallest absolute Gasteiger partial charge is 0.405 e. The molecule has 0 atom stereocenters. The molecule has 1 fully saturated rings. The maximum atomic E-state index is 12.6. The number of carbonyl (C=O) groups excluding carboxylic acids is 1. The third kappa shape index (κ3) is 4.21. The Morgan fingerprint density at radius 2 is 1.79 bits per heavy atom. The van der Waals surface area contributed by atoms with Gasteiger partial charge < -0.3 is 24.5 Å². The van der Waals surface area contributed by atoms with Gasteiger partial charge in [0.1, 0.15) is 5.76 Å². The lowest BCUT2D eigenvalue weighted by atomic mass is 10.0. The van der Waals surface area contributed by atoms with Gasteiger partial charge in [-0.3, -0.25) is 4.79 Å². The number of morpholine rings is 1. The molecule has 2 N–H and O–H groups in total. The SMILES string of the molecule is O=C(O)NCc1cc2cc(-c3ccc(C(=O)N4CCOCC4)cc3)cc(Cl)c2o1. The summed E-state index contributed by atoms with van der Waals surface area (Å²) in [6.45, 7) is 2.40. The van der Waals surface area contributed by atoms with Crippen LogP contribution >= 0.6 is 11.6 Å². The molecule has 7 nitrogen and oxygen atoms in total. The number of hydrogen-bond acceptors (Lipinski definition) is 4. The van der Waals surface area contributed by atoms with E-state index in [2.05, 4.69) is 5.32 Å². The summed E-state index contributed by atoms with van der Waals surface area (Å²) in [4.78, 5) is 25.0. The second-order valence-corrected chi connectivity index (χ2v) is 7.14. The second kappa shape index (κ2) is 8.14. The number of fused-ring (bicyclic) bond motifs is 1. The summed E-state index contributed by atoms with van der Waals surface area (Å²) in [6.07, 6.45) is -1.12. The van der Waals surface area contributed by atoms with Crippen LogP contribution < -0.4 is 5.32 Å². The largest absolute Gasteiger partial charge is 0.465 e. The Morgan fingerprint density at radius 3 is 2.48 bits per heavy atom. The number of amides is 2. The molecule has 0 unspecified atom stereocenters. The zero-order valence-electron chi connectivity index (χ0n) is 15.5. The lowest BCUT2D eigenvalue weighted by Crippen LogP contribution is -2.40. The minimum atomic E-state index is -1.12. The normalized spacial score (nSPS) is 14.2. The molecule has 1 aliphatic heterocycles. The minimum absolute atomic E-state index is 0.00117. The molecule has 2 heterocycles. The summed E-state index contributed by atoms with van der Waals surface area (Å²) >= 11 is 6.37. The van der Waals surface area contributed by atoms with Crippen molar-refractivity contribution in [1.82, 2.24) is 10.2 Å². The molecule has 0 aliphatic carbocycles. The fourth-order valence-electron chi connectivity index (χ4n) is 3.33. The molecule has 1 saturated heterocycles. The molecular formula is C21H19ClN2O5. The summed E-state index contributed by atoms with van der Waals surface area (Å²) in [7, 11) is 0. The molecule has 8 heteroatoms. The summed E-state index contributed by atoms with van der Waals surface area (Å²) in [5.41, 5.74) is 2.94. The number of halogens is 1. The van der Waals surface area contributed by atoms with E-state index in [1.807, 2.05) is 30.3 Å². The molecule has 2 amide bonds. The Hall–Kier alpha value is -3.03. The van der Waals surface area contributed by atoms with Gasteiger partial charge in [-0.05, 0) is 41.5 Å². The lowest BCUT2D eigenvalue weighted by Gasteiger charge is -2.26. The zero-order chi connectivity index (χ0) is 20.4. The van der Waals surface area contributed by atoms with Gasteiger partial charge in [-0.25, -0.2) is 4.79 Å². The fourth-order valence-corrected chi connectivity index (χ4v) is 3.60. The Morgan fingerprint density at radius 1 is 1.07 bits per heavy atom. The van der Waals surface area contributed by atoms with Crippen molar-refractivity contribution in [2.24, 2.45) is 0 Å². The van der Waals surface area contributed by atoms with Gasteiger partial charge in [0.2, 0.25) is 0 Å². The predicted molar refractivity (Wildman–Crippen MR) is 108 cm³/mol. The van der Waals surface area contributed by atoms with Crippen molar-refractivity contribution in [3.05, 3.63) is 58.8 Å². The first-order chi connectivity index (χ1) is 14.0. The Balaban J connectivity index is 1.57. The van der Waals surface area contributed by atoms with Gasteiger partial charge in [-0.1, -0.05) is 23.7 Å². The van der Waals surface area contributed by atoms with Crippen molar-refractivity contribution >= 4 is 34.6 Å². The molecule has 1 aliphatic rings. The minimum Gasteiger partial charge on any atom is -0.465 e.